The van der Waals surface area contributed by atoms with Crippen molar-refractivity contribution in [1.82, 2.24) is 9.97 Å². The SMILES string of the molecule is CNc1ccccc1-c1cc(-c2ccccc2)c2ccc3c(-c4ccccc4)cc(-c4ccccc4N)nc3c2n1. The van der Waals surface area contributed by atoms with E-state index in [0.29, 0.717) is 5.69 Å². The zero-order valence-electron chi connectivity index (χ0n) is 22.7. The minimum absolute atomic E-state index is 0.695. The Morgan fingerprint density at radius 2 is 0.951 bits per heavy atom. The minimum Gasteiger partial charge on any atom is -0.398 e. The lowest BCUT2D eigenvalue weighted by Gasteiger charge is -2.16. The normalized spacial score (nSPS) is 11.1. The largest absolute Gasteiger partial charge is 0.398 e. The first-order valence-corrected chi connectivity index (χ1v) is 13.7. The maximum Gasteiger partial charge on any atom is 0.0978 e. The van der Waals surface area contributed by atoms with Gasteiger partial charge in [-0.3, -0.25) is 0 Å². The van der Waals surface area contributed by atoms with E-state index in [0.717, 1.165) is 72.3 Å². The van der Waals surface area contributed by atoms with Crippen LogP contribution in [-0.4, -0.2) is 17.0 Å². The van der Waals surface area contributed by atoms with Crippen LogP contribution in [0.3, 0.4) is 0 Å². The predicted octanol–water partition coefficient (Wildman–Crippen LogP) is 9.07. The van der Waals surface area contributed by atoms with Crippen molar-refractivity contribution >= 4 is 33.2 Å². The third kappa shape index (κ3) is 4.36. The topological polar surface area (TPSA) is 63.8 Å². The maximum absolute atomic E-state index is 6.47. The quantitative estimate of drug-likeness (QED) is 0.173. The van der Waals surface area contributed by atoms with Crippen LogP contribution in [0.25, 0.3) is 66.6 Å². The van der Waals surface area contributed by atoms with Crippen molar-refractivity contribution < 1.29 is 0 Å². The van der Waals surface area contributed by atoms with E-state index in [4.69, 9.17) is 15.7 Å². The van der Waals surface area contributed by atoms with E-state index in [1.165, 1.54) is 0 Å². The van der Waals surface area contributed by atoms with Crippen molar-refractivity contribution in [2.45, 2.75) is 0 Å². The Balaban J connectivity index is 1.63. The number of aromatic nitrogens is 2. The molecular formula is C37H28N4. The van der Waals surface area contributed by atoms with Gasteiger partial charge < -0.3 is 11.1 Å². The minimum atomic E-state index is 0.695. The maximum atomic E-state index is 6.47. The van der Waals surface area contributed by atoms with Crippen molar-refractivity contribution in [2.24, 2.45) is 0 Å². The van der Waals surface area contributed by atoms with Crippen LogP contribution in [0.2, 0.25) is 0 Å². The van der Waals surface area contributed by atoms with Crippen molar-refractivity contribution in [3.8, 4) is 44.8 Å². The number of nitrogens with zero attached hydrogens (tertiary/aromatic N) is 2. The number of nitrogens with two attached hydrogens (primary N) is 1. The van der Waals surface area contributed by atoms with Gasteiger partial charge in [-0.2, -0.15) is 0 Å². The second-order valence-electron chi connectivity index (χ2n) is 10.1. The number of hydrogen-bond donors (Lipinski definition) is 2. The molecule has 0 aliphatic heterocycles. The van der Waals surface area contributed by atoms with E-state index in [1.807, 2.05) is 49.5 Å². The molecule has 0 atom stereocenters. The molecule has 5 aromatic carbocycles. The molecule has 7 rings (SSSR count). The summed E-state index contributed by atoms with van der Waals surface area (Å²) in [4.78, 5) is 10.6. The molecule has 0 fully saturated rings. The summed E-state index contributed by atoms with van der Waals surface area (Å²) in [6.07, 6.45) is 0. The molecule has 7 aromatic rings. The molecule has 0 unspecified atom stereocenters. The van der Waals surface area contributed by atoms with Gasteiger partial charge in [-0.15, -0.1) is 0 Å². The molecule has 2 aromatic heterocycles. The summed E-state index contributed by atoms with van der Waals surface area (Å²) in [5, 5.41) is 5.44. The lowest BCUT2D eigenvalue weighted by atomic mass is 9.93. The van der Waals surface area contributed by atoms with Crippen molar-refractivity contribution in [3.05, 3.63) is 133 Å². The van der Waals surface area contributed by atoms with E-state index >= 15 is 0 Å². The lowest BCUT2D eigenvalue weighted by molar-refractivity contribution is 1.36. The van der Waals surface area contributed by atoms with Gasteiger partial charge in [0.05, 0.1) is 22.4 Å². The summed E-state index contributed by atoms with van der Waals surface area (Å²) < 4.78 is 0. The Hall–Kier alpha value is -5.48. The first-order chi connectivity index (χ1) is 20.2. The lowest BCUT2D eigenvalue weighted by Crippen LogP contribution is -1.98. The Labute approximate surface area is 239 Å². The van der Waals surface area contributed by atoms with Gasteiger partial charge in [0.2, 0.25) is 0 Å². The molecule has 0 spiro atoms. The van der Waals surface area contributed by atoms with E-state index in [-0.39, 0.29) is 0 Å². The fraction of sp³-hybridized carbons (Fsp3) is 0.0270. The fourth-order valence-electron chi connectivity index (χ4n) is 5.62. The number of benzene rings is 5. The van der Waals surface area contributed by atoms with Gasteiger partial charge in [0.1, 0.15) is 0 Å². The van der Waals surface area contributed by atoms with Crippen LogP contribution in [0.15, 0.2) is 133 Å². The molecule has 196 valence electrons. The number of rotatable bonds is 5. The first kappa shape index (κ1) is 24.6. The van der Waals surface area contributed by atoms with Crippen molar-refractivity contribution in [2.75, 3.05) is 18.1 Å². The fourth-order valence-corrected chi connectivity index (χ4v) is 5.62. The second kappa shape index (κ2) is 10.2. The molecule has 0 amide bonds. The Kier molecular flexibility index (Phi) is 6.14. The van der Waals surface area contributed by atoms with Gasteiger partial charge in [0.15, 0.2) is 0 Å². The van der Waals surface area contributed by atoms with Crippen LogP contribution >= 0.6 is 0 Å². The number of anilines is 2. The number of pyridine rings is 2. The molecule has 0 aliphatic carbocycles. The molecule has 0 bridgehead atoms. The van der Waals surface area contributed by atoms with Crippen LogP contribution in [0.1, 0.15) is 0 Å². The van der Waals surface area contributed by atoms with Crippen LogP contribution in [0, 0.1) is 0 Å². The number of nitrogens with one attached hydrogen (secondary N) is 1. The van der Waals surface area contributed by atoms with Crippen molar-refractivity contribution in [3.63, 3.8) is 0 Å². The van der Waals surface area contributed by atoms with E-state index in [2.05, 4.69) is 96.3 Å². The molecule has 0 radical (unpaired) electrons. The second-order valence-corrected chi connectivity index (χ2v) is 10.1. The average Bonchev–Trinajstić information content (AvgIpc) is 3.04. The molecule has 0 saturated carbocycles. The summed E-state index contributed by atoms with van der Waals surface area (Å²) >= 11 is 0. The van der Waals surface area contributed by atoms with Crippen LogP contribution in [0.5, 0.6) is 0 Å². The highest BCUT2D eigenvalue weighted by molar-refractivity contribution is 6.13. The highest BCUT2D eigenvalue weighted by Crippen LogP contribution is 2.40. The highest BCUT2D eigenvalue weighted by Gasteiger charge is 2.18. The van der Waals surface area contributed by atoms with Gasteiger partial charge in [0.25, 0.3) is 0 Å². The zero-order chi connectivity index (χ0) is 27.8. The Morgan fingerprint density at radius 1 is 0.488 bits per heavy atom. The number of fused-ring (bicyclic) bond motifs is 3. The molecule has 2 heterocycles. The van der Waals surface area contributed by atoms with Gasteiger partial charge >= 0.3 is 0 Å². The van der Waals surface area contributed by atoms with Crippen LogP contribution in [-0.2, 0) is 0 Å². The van der Waals surface area contributed by atoms with E-state index in [1.54, 1.807) is 0 Å². The average molecular weight is 529 g/mol. The Bertz CT molecular complexity index is 2030. The molecule has 4 nitrogen and oxygen atoms in total. The van der Waals surface area contributed by atoms with Gasteiger partial charge in [-0.1, -0.05) is 109 Å². The predicted molar refractivity (Wildman–Crippen MR) is 173 cm³/mol. The van der Waals surface area contributed by atoms with Crippen LogP contribution in [0.4, 0.5) is 11.4 Å². The van der Waals surface area contributed by atoms with E-state index in [9.17, 15) is 0 Å². The number of hydrogen-bond acceptors (Lipinski definition) is 4. The summed E-state index contributed by atoms with van der Waals surface area (Å²) in [6.45, 7) is 0. The molecule has 4 heteroatoms. The summed E-state index contributed by atoms with van der Waals surface area (Å²) in [5.41, 5.74) is 18.0. The monoisotopic (exact) mass is 528 g/mol. The molecule has 0 saturated heterocycles. The third-order valence-electron chi connectivity index (χ3n) is 7.64. The first-order valence-electron chi connectivity index (χ1n) is 13.7. The standard InChI is InChI=1S/C37H28N4/c1-39-33-19-11-9-17-29(33)35-23-31(25-14-6-3-7-15-25)27-21-20-26-30(24-12-4-2-5-13-24)22-34(40-36(26)37(27)41-35)28-16-8-10-18-32(28)38/h2-23,39H,38H2,1H3. The molecule has 41 heavy (non-hydrogen) atoms. The zero-order valence-corrected chi connectivity index (χ0v) is 22.7. The number of nitrogen functional groups attached to an aromatic ring is 1. The third-order valence-corrected chi connectivity index (χ3v) is 7.64. The summed E-state index contributed by atoms with van der Waals surface area (Å²) in [5.74, 6) is 0. The van der Waals surface area contributed by atoms with Gasteiger partial charge in [-0.05, 0) is 46.5 Å². The Morgan fingerprint density at radius 3 is 1.49 bits per heavy atom. The number of para-hydroxylation sites is 2. The summed E-state index contributed by atoms with van der Waals surface area (Å²) in [6, 6.07) is 45.8. The summed E-state index contributed by atoms with van der Waals surface area (Å²) in [7, 11) is 1.94. The van der Waals surface area contributed by atoms with Crippen LogP contribution < -0.4 is 11.1 Å². The van der Waals surface area contributed by atoms with Crippen molar-refractivity contribution in [1.29, 1.82) is 0 Å². The molecule has 0 aliphatic rings. The van der Waals surface area contributed by atoms with Gasteiger partial charge in [-0.25, -0.2) is 9.97 Å². The molecule has 3 N–H and O–H groups in total. The smallest absolute Gasteiger partial charge is 0.0978 e. The van der Waals surface area contributed by atoms with Gasteiger partial charge in [0, 0.05) is 40.3 Å². The van der Waals surface area contributed by atoms with E-state index < -0.39 is 0 Å². The highest BCUT2D eigenvalue weighted by atomic mass is 14.8. The molecular weight excluding hydrogens is 500 g/mol.